The van der Waals surface area contributed by atoms with E-state index in [1.807, 2.05) is 18.2 Å². The van der Waals surface area contributed by atoms with Crippen molar-refractivity contribution in [3.63, 3.8) is 0 Å². The summed E-state index contributed by atoms with van der Waals surface area (Å²) in [5, 5.41) is 0. The van der Waals surface area contributed by atoms with Crippen LogP contribution in [0.2, 0.25) is 0 Å². The lowest BCUT2D eigenvalue weighted by molar-refractivity contribution is -0.137. The zero-order chi connectivity index (χ0) is 13.0. The van der Waals surface area contributed by atoms with Crippen LogP contribution in [0.15, 0.2) is 48.7 Å². The number of pyridine rings is 1. The van der Waals surface area contributed by atoms with Crippen LogP contribution in [-0.4, -0.2) is 4.98 Å². The monoisotopic (exact) mass is 251 g/mol. The molecule has 0 bridgehead atoms. The fraction of sp³-hybridized carbons (Fsp3) is 0.214. The molecule has 0 amide bonds. The van der Waals surface area contributed by atoms with Crippen LogP contribution in [-0.2, 0) is 19.0 Å². The van der Waals surface area contributed by atoms with E-state index >= 15 is 0 Å². The van der Waals surface area contributed by atoms with E-state index in [-0.39, 0.29) is 0 Å². The molecule has 0 aliphatic carbocycles. The van der Waals surface area contributed by atoms with Gasteiger partial charge in [-0.3, -0.25) is 4.98 Å². The highest BCUT2D eigenvalue weighted by atomic mass is 19.4. The Morgan fingerprint density at radius 1 is 0.944 bits per heavy atom. The van der Waals surface area contributed by atoms with Gasteiger partial charge in [0.25, 0.3) is 0 Å². The van der Waals surface area contributed by atoms with Crippen LogP contribution >= 0.6 is 0 Å². The van der Waals surface area contributed by atoms with Crippen molar-refractivity contribution in [2.45, 2.75) is 19.0 Å². The lowest BCUT2D eigenvalue weighted by atomic mass is 10.0. The van der Waals surface area contributed by atoms with Gasteiger partial charge in [-0.25, -0.2) is 0 Å². The molecule has 94 valence electrons. The average Bonchev–Trinajstić information content (AvgIpc) is 2.37. The first kappa shape index (κ1) is 12.6. The van der Waals surface area contributed by atoms with E-state index in [9.17, 15) is 13.2 Å². The maximum absolute atomic E-state index is 12.5. The van der Waals surface area contributed by atoms with Crippen LogP contribution in [0, 0.1) is 0 Å². The Morgan fingerprint density at radius 2 is 1.78 bits per heavy atom. The third-order valence-corrected chi connectivity index (χ3v) is 2.65. The van der Waals surface area contributed by atoms with E-state index in [1.165, 1.54) is 12.1 Å². The van der Waals surface area contributed by atoms with Crippen LogP contribution in [0.3, 0.4) is 0 Å². The van der Waals surface area contributed by atoms with Gasteiger partial charge in [0.2, 0.25) is 0 Å². The first-order valence-corrected chi connectivity index (χ1v) is 5.62. The first-order chi connectivity index (χ1) is 8.55. The molecule has 0 unspecified atom stereocenters. The highest BCUT2D eigenvalue weighted by Crippen LogP contribution is 2.29. The van der Waals surface area contributed by atoms with Crippen LogP contribution in [0.25, 0.3) is 0 Å². The maximum Gasteiger partial charge on any atom is 0.416 e. The molecule has 0 saturated carbocycles. The molecule has 0 fully saturated rings. The number of hydrogen-bond acceptors (Lipinski definition) is 1. The van der Waals surface area contributed by atoms with E-state index in [0.717, 1.165) is 11.8 Å². The molecule has 0 N–H and O–H groups in total. The van der Waals surface area contributed by atoms with E-state index in [2.05, 4.69) is 4.98 Å². The van der Waals surface area contributed by atoms with Crippen molar-refractivity contribution in [3.05, 3.63) is 65.5 Å². The summed E-state index contributed by atoms with van der Waals surface area (Å²) in [5.41, 5.74) is 0.964. The van der Waals surface area contributed by atoms with Crippen LogP contribution in [0.1, 0.15) is 16.8 Å². The number of rotatable bonds is 3. The van der Waals surface area contributed by atoms with Crippen molar-refractivity contribution in [3.8, 4) is 0 Å². The molecule has 18 heavy (non-hydrogen) atoms. The summed E-state index contributed by atoms with van der Waals surface area (Å²) in [6.07, 6.45) is -1.40. The van der Waals surface area contributed by atoms with Gasteiger partial charge in [-0.05, 0) is 36.6 Å². The molecule has 0 saturated heterocycles. The van der Waals surface area contributed by atoms with Gasteiger partial charge >= 0.3 is 6.18 Å². The fourth-order valence-corrected chi connectivity index (χ4v) is 1.72. The Labute approximate surface area is 103 Å². The lowest BCUT2D eigenvalue weighted by Gasteiger charge is -2.08. The number of halogens is 3. The standard InChI is InChI=1S/C14H12F3N/c15-14(16,17)12-5-3-4-11(10-12)7-8-13-6-1-2-9-18-13/h1-6,9-10H,7-8H2. The molecule has 1 nitrogen and oxygen atoms in total. The van der Waals surface area contributed by atoms with E-state index in [0.29, 0.717) is 18.4 Å². The second-order valence-electron chi connectivity index (χ2n) is 4.02. The summed E-state index contributed by atoms with van der Waals surface area (Å²) >= 11 is 0. The molecule has 0 radical (unpaired) electrons. The van der Waals surface area contributed by atoms with Crippen molar-refractivity contribution in [2.75, 3.05) is 0 Å². The third-order valence-electron chi connectivity index (χ3n) is 2.65. The molecule has 1 aromatic carbocycles. The number of aryl methyl sites for hydroxylation is 2. The second kappa shape index (κ2) is 5.21. The van der Waals surface area contributed by atoms with Crippen molar-refractivity contribution < 1.29 is 13.2 Å². The Bertz CT molecular complexity index is 506. The highest BCUT2D eigenvalue weighted by molar-refractivity contribution is 5.26. The Morgan fingerprint density at radius 3 is 2.44 bits per heavy atom. The van der Waals surface area contributed by atoms with Gasteiger partial charge in [-0.2, -0.15) is 13.2 Å². The SMILES string of the molecule is FC(F)(F)c1cccc(CCc2ccccn2)c1. The molecule has 4 heteroatoms. The predicted molar refractivity (Wildman–Crippen MR) is 63.1 cm³/mol. The molecule has 0 aliphatic heterocycles. The summed E-state index contributed by atoms with van der Waals surface area (Å²) < 4.78 is 37.6. The molecular formula is C14H12F3N. The van der Waals surface area contributed by atoms with Gasteiger partial charge in [0, 0.05) is 11.9 Å². The summed E-state index contributed by atoms with van der Waals surface area (Å²) in [6.45, 7) is 0. The Hall–Kier alpha value is -1.84. The maximum atomic E-state index is 12.5. The van der Waals surface area contributed by atoms with Crippen molar-refractivity contribution in [1.82, 2.24) is 4.98 Å². The number of alkyl halides is 3. The van der Waals surface area contributed by atoms with E-state index in [1.54, 1.807) is 12.3 Å². The molecule has 0 spiro atoms. The molecule has 2 rings (SSSR count). The van der Waals surface area contributed by atoms with E-state index in [4.69, 9.17) is 0 Å². The topological polar surface area (TPSA) is 12.9 Å². The van der Waals surface area contributed by atoms with Gasteiger partial charge < -0.3 is 0 Å². The number of hydrogen-bond donors (Lipinski definition) is 0. The zero-order valence-corrected chi connectivity index (χ0v) is 9.61. The molecule has 1 heterocycles. The summed E-state index contributed by atoms with van der Waals surface area (Å²) in [5.74, 6) is 0. The minimum absolute atomic E-state index is 0.556. The van der Waals surface area contributed by atoms with Crippen molar-refractivity contribution in [1.29, 1.82) is 0 Å². The van der Waals surface area contributed by atoms with Gasteiger partial charge in [0.15, 0.2) is 0 Å². The number of aromatic nitrogens is 1. The van der Waals surface area contributed by atoms with E-state index < -0.39 is 11.7 Å². The summed E-state index contributed by atoms with van der Waals surface area (Å²) in [4.78, 5) is 4.14. The van der Waals surface area contributed by atoms with Crippen LogP contribution < -0.4 is 0 Å². The smallest absolute Gasteiger partial charge is 0.261 e. The Kier molecular flexibility index (Phi) is 3.65. The minimum Gasteiger partial charge on any atom is -0.261 e. The highest BCUT2D eigenvalue weighted by Gasteiger charge is 2.30. The average molecular weight is 251 g/mol. The molecule has 0 atom stereocenters. The quantitative estimate of drug-likeness (QED) is 0.806. The van der Waals surface area contributed by atoms with Gasteiger partial charge in [-0.1, -0.05) is 24.3 Å². The van der Waals surface area contributed by atoms with Crippen LogP contribution in [0.5, 0.6) is 0 Å². The largest absolute Gasteiger partial charge is 0.416 e. The van der Waals surface area contributed by atoms with Gasteiger partial charge in [-0.15, -0.1) is 0 Å². The molecule has 2 aromatic rings. The molecular weight excluding hydrogens is 239 g/mol. The summed E-state index contributed by atoms with van der Waals surface area (Å²) in [7, 11) is 0. The van der Waals surface area contributed by atoms with Crippen LogP contribution in [0.4, 0.5) is 13.2 Å². The lowest BCUT2D eigenvalue weighted by Crippen LogP contribution is -2.05. The Balaban J connectivity index is 2.06. The first-order valence-electron chi connectivity index (χ1n) is 5.62. The van der Waals surface area contributed by atoms with Crippen molar-refractivity contribution >= 4 is 0 Å². The third kappa shape index (κ3) is 3.32. The normalized spacial score (nSPS) is 11.5. The molecule has 1 aromatic heterocycles. The number of nitrogens with zero attached hydrogens (tertiary/aromatic N) is 1. The zero-order valence-electron chi connectivity index (χ0n) is 9.61. The van der Waals surface area contributed by atoms with Crippen molar-refractivity contribution in [2.24, 2.45) is 0 Å². The molecule has 0 aliphatic rings. The fourth-order valence-electron chi connectivity index (χ4n) is 1.72. The summed E-state index contributed by atoms with van der Waals surface area (Å²) in [6, 6.07) is 11.0. The van der Waals surface area contributed by atoms with Gasteiger partial charge in [0.1, 0.15) is 0 Å². The predicted octanol–water partition coefficient (Wildman–Crippen LogP) is 3.89. The van der Waals surface area contributed by atoms with Gasteiger partial charge in [0.05, 0.1) is 5.56 Å². The second-order valence-corrected chi connectivity index (χ2v) is 4.02. The number of benzene rings is 1. The minimum atomic E-state index is -4.28.